The molecule has 0 bridgehead atoms. The van der Waals surface area contributed by atoms with Gasteiger partial charge >= 0.3 is 0 Å². The van der Waals surface area contributed by atoms with Crippen molar-refractivity contribution in [3.63, 3.8) is 0 Å². The standard InChI is InChI=1S/C21H19N3O7S/c1-30-17-5-3-4-15(12-17)22-21(25)14-6-9-18(10-7-14)32(28,29)23-19-13-16(24(26)27)8-11-20(19)31-2/h3-13,23H,1-2H3,(H,22,25). The number of ether oxygens (including phenoxy) is 2. The Bertz CT molecular complexity index is 1260. The second-order valence-corrected chi connectivity index (χ2v) is 8.14. The van der Waals surface area contributed by atoms with Crippen LogP contribution in [-0.4, -0.2) is 33.5 Å². The highest BCUT2D eigenvalue weighted by Gasteiger charge is 2.20. The zero-order chi connectivity index (χ0) is 23.3. The molecular formula is C21H19N3O7S. The molecule has 0 aliphatic rings. The minimum atomic E-state index is -4.10. The first-order valence-corrected chi connectivity index (χ1v) is 10.6. The highest BCUT2D eigenvalue weighted by atomic mass is 32.2. The molecule has 0 aromatic heterocycles. The monoisotopic (exact) mass is 457 g/mol. The molecule has 3 aromatic rings. The van der Waals surface area contributed by atoms with Crippen molar-refractivity contribution in [2.24, 2.45) is 0 Å². The number of hydrogen-bond acceptors (Lipinski definition) is 7. The van der Waals surface area contributed by atoms with Crippen molar-refractivity contribution in [3.05, 3.63) is 82.4 Å². The van der Waals surface area contributed by atoms with Gasteiger partial charge in [-0.25, -0.2) is 8.42 Å². The van der Waals surface area contributed by atoms with E-state index in [1.54, 1.807) is 24.3 Å². The highest BCUT2D eigenvalue weighted by Crippen LogP contribution is 2.31. The number of anilines is 2. The summed E-state index contributed by atoms with van der Waals surface area (Å²) in [5.41, 5.74) is 0.375. The molecule has 3 rings (SSSR count). The maximum absolute atomic E-state index is 12.7. The Balaban J connectivity index is 1.79. The van der Waals surface area contributed by atoms with E-state index >= 15 is 0 Å². The van der Waals surface area contributed by atoms with E-state index in [0.717, 1.165) is 6.07 Å². The van der Waals surface area contributed by atoms with Crippen molar-refractivity contribution in [2.45, 2.75) is 4.90 Å². The van der Waals surface area contributed by atoms with E-state index in [-0.39, 0.29) is 27.6 Å². The molecule has 1 amide bonds. The molecule has 0 saturated carbocycles. The molecule has 10 nitrogen and oxygen atoms in total. The van der Waals surface area contributed by atoms with Crippen LogP contribution < -0.4 is 19.5 Å². The summed E-state index contributed by atoms with van der Waals surface area (Å²) in [5.74, 6) is 0.260. The van der Waals surface area contributed by atoms with Crippen LogP contribution in [0.15, 0.2) is 71.6 Å². The largest absolute Gasteiger partial charge is 0.497 e. The lowest BCUT2D eigenvalue weighted by molar-refractivity contribution is -0.384. The van der Waals surface area contributed by atoms with E-state index < -0.39 is 20.9 Å². The third-order valence-corrected chi connectivity index (χ3v) is 5.77. The predicted molar refractivity (Wildman–Crippen MR) is 118 cm³/mol. The Morgan fingerprint density at radius 2 is 1.69 bits per heavy atom. The number of nitrogens with zero attached hydrogens (tertiary/aromatic N) is 1. The first-order chi connectivity index (χ1) is 15.2. The average Bonchev–Trinajstić information content (AvgIpc) is 2.79. The van der Waals surface area contributed by atoms with Gasteiger partial charge in [-0.3, -0.25) is 19.6 Å². The maximum Gasteiger partial charge on any atom is 0.271 e. The quantitative estimate of drug-likeness (QED) is 0.389. The smallest absolute Gasteiger partial charge is 0.271 e. The molecule has 0 aliphatic carbocycles. The zero-order valence-corrected chi connectivity index (χ0v) is 17.9. The van der Waals surface area contributed by atoms with Gasteiger partial charge in [0.15, 0.2) is 0 Å². The van der Waals surface area contributed by atoms with Crippen LogP contribution in [0.25, 0.3) is 0 Å². The molecule has 166 valence electrons. The Kier molecular flexibility index (Phi) is 6.59. The summed E-state index contributed by atoms with van der Waals surface area (Å²) in [6.45, 7) is 0. The Labute approximate surface area is 184 Å². The number of nitro groups is 1. The van der Waals surface area contributed by atoms with E-state index in [0.29, 0.717) is 11.4 Å². The van der Waals surface area contributed by atoms with Gasteiger partial charge < -0.3 is 14.8 Å². The molecule has 0 unspecified atom stereocenters. The molecule has 2 N–H and O–H groups in total. The van der Waals surface area contributed by atoms with E-state index in [1.165, 1.54) is 50.6 Å². The molecule has 11 heteroatoms. The molecule has 0 radical (unpaired) electrons. The number of nitrogens with one attached hydrogen (secondary N) is 2. The number of methoxy groups -OCH3 is 2. The van der Waals surface area contributed by atoms with Crippen LogP contribution in [0.5, 0.6) is 11.5 Å². The predicted octanol–water partition coefficient (Wildman–Crippen LogP) is 3.67. The number of non-ortho nitro benzene ring substituents is 1. The summed E-state index contributed by atoms with van der Waals surface area (Å²) in [4.78, 5) is 22.7. The summed E-state index contributed by atoms with van der Waals surface area (Å²) in [6.07, 6.45) is 0. The van der Waals surface area contributed by atoms with Crippen molar-refractivity contribution < 1.29 is 27.6 Å². The molecule has 0 fully saturated rings. The molecule has 0 heterocycles. The number of carbonyl (C=O) groups excluding carboxylic acids is 1. The van der Waals surface area contributed by atoms with E-state index in [4.69, 9.17) is 9.47 Å². The average molecular weight is 457 g/mol. The fourth-order valence-corrected chi connectivity index (χ4v) is 3.84. The van der Waals surface area contributed by atoms with Crippen molar-refractivity contribution in [1.82, 2.24) is 0 Å². The summed E-state index contributed by atoms with van der Waals surface area (Å²) in [7, 11) is -1.27. The van der Waals surface area contributed by atoms with Gasteiger partial charge in [0.05, 0.1) is 29.7 Å². The van der Waals surface area contributed by atoms with Crippen molar-refractivity contribution in [3.8, 4) is 11.5 Å². The summed E-state index contributed by atoms with van der Waals surface area (Å²) >= 11 is 0. The molecule has 3 aromatic carbocycles. The number of nitro benzene ring substituents is 1. The number of benzene rings is 3. The van der Waals surface area contributed by atoms with Crippen LogP contribution in [0.1, 0.15) is 10.4 Å². The number of rotatable bonds is 8. The van der Waals surface area contributed by atoms with Crippen LogP contribution in [0.3, 0.4) is 0 Å². The highest BCUT2D eigenvalue weighted by molar-refractivity contribution is 7.92. The second kappa shape index (κ2) is 9.35. The molecular weight excluding hydrogens is 438 g/mol. The van der Waals surface area contributed by atoms with Crippen LogP contribution in [-0.2, 0) is 10.0 Å². The van der Waals surface area contributed by atoms with Crippen LogP contribution in [0.4, 0.5) is 17.1 Å². The van der Waals surface area contributed by atoms with Gasteiger partial charge in [-0.15, -0.1) is 0 Å². The SMILES string of the molecule is COc1cccc(NC(=O)c2ccc(S(=O)(=O)Nc3cc([N+](=O)[O-])ccc3OC)cc2)c1. The molecule has 0 saturated heterocycles. The minimum Gasteiger partial charge on any atom is -0.497 e. The Morgan fingerprint density at radius 3 is 2.31 bits per heavy atom. The third-order valence-electron chi connectivity index (χ3n) is 4.39. The summed E-state index contributed by atoms with van der Waals surface area (Å²) in [6, 6.07) is 15.6. The number of amides is 1. The first kappa shape index (κ1) is 22.6. The van der Waals surface area contributed by atoms with Gasteiger partial charge in [0.2, 0.25) is 0 Å². The molecule has 0 spiro atoms. The zero-order valence-electron chi connectivity index (χ0n) is 17.1. The fraction of sp³-hybridized carbons (Fsp3) is 0.0952. The van der Waals surface area contributed by atoms with Crippen molar-refractivity contribution in [2.75, 3.05) is 24.3 Å². The van der Waals surface area contributed by atoms with Gasteiger partial charge in [0, 0.05) is 29.4 Å². The van der Waals surface area contributed by atoms with Crippen molar-refractivity contribution >= 4 is 33.0 Å². The normalized spacial score (nSPS) is 10.8. The minimum absolute atomic E-state index is 0.0819. The number of sulfonamides is 1. The lowest BCUT2D eigenvalue weighted by Crippen LogP contribution is -2.15. The van der Waals surface area contributed by atoms with Gasteiger partial charge in [-0.2, -0.15) is 0 Å². The van der Waals surface area contributed by atoms with E-state index in [1.807, 2.05) is 0 Å². The van der Waals surface area contributed by atoms with Gasteiger partial charge in [-0.1, -0.05) is 6.07 Å². The molecule has 0 aliphatic heterocycles. The summed E-state index contributed by atoms with van der Waals surface area (Å²) < 4.78 is 37.9. The van der Waals surface area contributed by atoms with Gasteiger partial charge in [0.25, 0.3) is 21.6 Å². The Hall–Kier alpha value is -4.12. The van der Waals surface area contributed by atoms with Crippen molar-refractivity contribution in [1.29, 1.82) is 0 Å². The Morgan fingerprint density at radius 1 is 0.969 bits per heavy atom. The second-order valence-electron chi connectivity index (χ2n) is 6.46. The van der Waals surface area contributed by atoms with Crippen LogP contribution in [0, 0.1) is 10.1 Å². The van der Waals surface area contributed by atoms with Crippen LogP contribution >= 0.6 is 0 Å². The molecule has 32 heavy (non-hydrogen) atoms. The van der Waals surface area contributed by atoms with E-state index in [2.05, 4.69) is 10.0 Å². The van der Waals surface area contributed by atoms with Crippen LogP contribution in [0.2, 0.25) is 0 Å². The molecule has 0 atom stereocenters. The maximum atomic E-state index is 12.7. The lowest BCUT2D eigenvalue weighted by atomic mass is 10.2. The summed E-state index contributed by atoms with van der Waals surface area (Å²) in [5, 5.41) is 13.7. The third kappa shape index (κ3) is 5.13. The lowest BCUT2D eigenvalue weighted by Gasteiger charge is -2.12. The topological polar surface area (TPSA) is 137 Å². The number of carbonyl (C=O) groups is 1. The van der Waals surface area contributed by atoms with E-state index in [9.17, 15) is 23.3 Å². The number of hydrogen-bond donors (Lipinski definition) is 2. The first-order valence-electron chi connectivity index (χ1n) is 9.14. The van der Waals surface area contributed by atoms with Gasteiger partial charge in [0.1, 0.15) is 11.5 Å². The fourth-order valence-electron chi connectivity index (χ4n) is 2.78. The van der Waals surface area contributed by atoms with Gasteiger partial charge in [-0.05, 0) is 42.5 Å².